The molecule has 0 spiro atoms. The lowest BCUT2D eigenvalue weighted by Gasteiger charge is -2.10. The van der Waals surface area contributed by atoms with E-state index in [4.69, 9.17) is 43.5 Å². The lowest BCUT2D eigenvalue weighted by atomic mass is 10.0. The molecule has 0 unspecified atom stereocenters. The van der Waals surface area contributed by atoms with Gasteiger partial charge in [0.15, 0.2) is 34.4 Å². The van der Waals surface area contributed by atoms with Gasteiger partial charge in [0.25, 0.3) is 0 Å². The summed E-state index contributed by atoms with van der Waals surface area (Å²) in [5.74, 6) is 4.59. The zero-order valence-corrected chi connectivity index (χ0v) is 59.2. The first-order valence-corrected chi connectivity index (χ1v) is 35.0. The number of allylic oxidation sites excluding steroid dienone is 1. The normalized spacial score (nSPS) is 11.0. The fraction of sp³-hybridized carbons (Fsp3) is 0.0610. The van der Waals surface area contributed by atoms with Crippen LogP contribution in [0.5, 0.6) is 34.6 Å². The molecular weight excluding hydrogens is 1430 g/mol. The van der Waals surface area contributed by atoms with Crippen LogP contribution < -0.4 is 23.7 Å². The van der Waals surface area contributed by atoms with Gasteiger partial charge in [-0.05, 0) is 127 Å². The largest absolute Gasteiger partial charge is 0.490 e. The molecule has 7 aromatic carbocycles. The van der Waals surface area contributed by atoms with Gasteiger partial charge < -0.3 is 23.7 Å². The molecule has 0 aliphatic heterocycles. The van der Waals surface area contributed by atoms with Crippen LogP contribution in [0.4, 0.5) is 8.78 Å². The van der Waals surface area contributed by atoms with Crippen LogP contribution in [-0.4, -0.2) is 107 Å². The third-order valence-electron chi connectivity index (χ3n) is 16.7. The molecule has 0 fully saturated rings. The monoisotopic (exact) mass is 1490 g/mol. The highest BCUT2D eigenvalue weighted by molar-refractivity contribution is 7.99. The molecule has 111 heavy (non-hydrogen) atoms. The highest BCUT2D eigenvalue weighted by Crippen LogP contribution is 2.35. The summed E-state index contributed by atoms with van der Waals surface area (Å²) in [5.41, 5.74) is 11.8. The maximum atomic E-state index is 13.4. The van der Waals surface area contributed by atoms with Gasteiger partial charge in [-0.1, -0.05) is 133 Å². The van der Waals surface area contributed by atoms with Gasteiger partial charge in [0.05, 0.1) is 33.6 Å². The molecule has 0 saturated heterocycles. The Hall–Kier alpha value is -15.1. The summed E-state index contributed by atoms with van der Waals surface area (Å²) in [6.07, 6.45) is 10.9. The highest BCUT2D eigenvalue weighted by atomic mass is 32.2. The molecule has 0 radical (unpaired) electrons. The number of hydrogen-bond donors (Lipinski definition) is 0. The van der Waals surface area contributed by atoms with Gasteiger partial charge >= 0.3 is 12.2 Å². The number of rotatable bonds is 20. The van der Waals surface area contributed by atoms with Crippen LogP contribution in [0.25, 0.3) is 94.5 Å². The fourth-order valence-corrected chi connectivity index (χ4v) is 12.3. The van der Waals surface area contributed by atoms with Crippen molar-refractivity contribution in [3.8, 4) is 79.5 Å². The third kappa shape index (κ3) is 17.3. The summed E-state index contributed by atoms with van der Waals surface area (Å²) < 4.78 is 61.5. The predicted molar refractivity (Wildman–Crippen MR) is 406 cm³/mol. The zero-order chi connectivity index (χ0) is 75.7. The topological polar surface area (TPSA) is 300 Å². The van der Waals surface area contributed by atoms with Crippen LogP contribution >= 0.6 is 11.8 Å². The van der Waals surface area contributed by atoms with E-state index < -0.39 is 12.0 Å². The molecule has 0 aliphatic rings. The molecule has 29 heteroatoms. The zero-order valence-electron chi connectivity index (χ0n) is 58.4. The molecule has 0 N–H and O–H groups in total. The number of nitrogens with zero attached hydrogens (tertiary/aromatic N) is 19. The average Bonchev–Trinajstić information content (AvgIpc) is 1.75. The van der Waals surface area contributed by atoms with Gasteiger partial charge in [-0.3, -0.25) is 15.0 Å². The highest BCUT2D eigenvalue weighted by Gasteiger charge is 2.17. The van der Waals surface area contributed by atoms with Crippen molar-refractivity contribution >= 4 is 67.6 Å². The van der Waals surface area contributed by atoms with Gasteiger partial charge in [-0.25, -0.2) is 15.0 Å². The van der Waals surface area contributed by atoms with Crippen molar-refractivity contribution in [2.24, 2.45) is 0 Å². The molecule has 0 saturated carbocycles. The molecule has 0 aliphatic carbocycles. The first-order valence-electron chi connectivity index (χ1n) is 34.2. The Labute approximate surface area is 632 Å². The predicted octanol–water partition coefficient (Wildman–Crippen LogP) is 15.6. The van der Waals surface area contributed by atoms with Crippen molar-refractivity contribution in [1.29, 1.82) is 0 Å². The number of pyridine rings is 3. The van der Waals surface area contributed by atoms with E-state index in [0.29, 0.717) is 68.8 Å². The first kappa shape index (κ1) is 71.5. The van der Waals surface area contributed by atoms with Crippen molar-refractivity contribution in [2.75, 3.05) is 6.61 Å². The number of halogens is 2. The van der Waals surface area contributed by atoms with E-state index >= 15 is 0 Å². The quantitative estimate of drug-likeness (QED) is 0.0389. The van der Waals surface area contributed by atoms with Gasteiger partial charge in [0.2, 0.25) is 11.8 Å². The SMILES string of the molecule is C/C=C/COc1cccc(-c2ccc3c(OCc4nnc5ccc(-c6ccccc6)nn45)ccnc3c2)c1.Fc1cc(Sc2ccc3c(OCc4nnc5ccc(-c6ccccc6)nn45)ccnc3c2)ncn1.Fc1nccc(Oc2ccc3c(OCc4nnc5ccc(-c6ccccc6)nn45)ccnc3c2)n1.O=C=O. The summed E-state index contributed by atoms with van der Waals surface area (Å²) in [5, 5.41) is 42.6. The Morgan fingerprint density at radius 3 is 1.39 bits per heavy atom. The van der Waals surface area contributed by atoms with Crippen molar-refractivity contribution < 1.29 is 42.1 Å². The lowest BCUT2D eigenvalue weighted by molar-refractivity contribution is -0.191. The van der Waals surface area contributed by atoms with Gasteiger partial charge in [-0.15, -0.1) is 30.6 Å². The van der Waals surface area contributed by atoms with Crippen LogP contribution in [0, 0.1) is 12.0 Å². The van der Waals surface area contributed by atoms with E-state index in [0.717, 1.165) is 88.5 Å². The van der Waals surface area contributed by atoms with Crippen LogP contribution in [0.2, 0.25) is 0 Å². The molecular formula is C82H57F2N19O7S. The molecule has 0 atom stereocenters. The van der Waals surface area contributed by atoms with Crippen molar-refractivity contribution in [2.45, 2.75) is 36.7 Å². The number of benzene rings is 7. The lowest BCUT2D eigenvalue weighted by Crippen LogP contribution is -2.05. The minimum atomic E-state index is -0.858. The van der Waals surface area contributed by atoms with E-state index in [1.165, 1.54) is 36.4 Å². The Morgan fingerprint density at radius 2 is 0.883 bits per heavy atom. The molecule has 18 aromatic rings. The molecule has 18 rings (SSSR count). The smallest absolute Gasteiger partial charge is 0.373 e. The molecule has 542 valence electrons. The van der Waals surface area contributed by atoms with Crippen LogP contribution in [0.3, 0.4) is 0 Å². The van der Waals surface area contributed by atoms with Gasteiger partial charge in [-0.2, -0.15) is 52.2 Å². The summed E-state index contributed by atoms with van der Waals surface area (Å²) in [6, 6.07) is 74.8. The second kappa shape index (κ2) is 34.0. The maximum Gasteiger partial charge on any atom is 0.373 e. The Morgan fingerprint density at radius 1 is 0.414 bits per heavy atom. The van der Waals surface area contributed by atoms with Crippen molar-refractivity contribution in [1.82, 2.24) is 94.3 Å². The second-order valence-electron chi connectivity index (χ2n) is 23.8. The van der Waals surface area contributed by atoms with Crippen molar-refractivity contribution in [3.63, 3.8) is 0 Å². The number of aromatic nitrogens is 19. The molecule has 0 amide bonds. The summed E-state index contributed by atoms with van der Waals surface area (Å²) in [4.78, 5) is 45.2. The third-order valence-corrected chi connectivity index (χ3v) is 17.6. The Balaban J connectivity index is 0.000000130. The second-order valence-corrected chi connectivity index (χ2v) is 24.9. The fourth-order valence-electron chi connectivity index (χ4n) is 11.5. The molecule has 26 nitrogen and oxygen atoms in total. The van der Waals surface area contributed by atoms with Crippen molar-refractivity contribution in [3.05, 3.63) is 309 Å². The minimum absolute atomic E-state index is 0.102. The van der Waals surface area contributed by atoms with Crippen LogP contribution in [-0.2, 0) is 29.4 Å². The van der Waals surface area contributed by atoms with E-state index in [9.17, 15) is 8.78 Å². The van der Waals surface area contributed by atoms with Gasteiger partial charge in [0.1, 0.15) is 66.5 Å². The molecule has 11 heterocycles. The van der Waals surface area contributed by atoms with E-state index in [1.54, 1.807) is 56.4 Å². The standard InChI is InChI=1S/C31H25N5O2.C25H16FN7O2.C25H16FN7OS.CO2/c1-2-3-18-37-25-11-7-10-23(19-25)24-12-13-26-28(20-24)32-17-16-29(26)38-21-31-34-33-30-15-14-27(35-36(30)31)22-8-5-4-6-9-22;26-25-28-13-11-24(29-25)35-17-6-7-18-20(14-17)27-12-10-21(18)34-15-23-31-30-22-9-8-19(32-33(22)23)16-4-2-1-3-5-16;26-22-13-25(29-15-28-22)35-17-6-7-18-20(12-17)27-11-10-21(18)34-14-24-31-30-23-9-8-19(32-33(23)24)16-4-2-1-3-5-16;2-1-3/h2-17,19-20H,18,21H2,1H3;1-14H,15H2;1-13,15H,14H2;/b3-2+;;;. The number of hydrogen-bond acceptors (Lipinski definition) is 24. The first-order chi connectivity index (χ1) is 54.6. The average molecular weight is 1490 g/mol. The number of carbonyl (C=O) groups excluding carboxylic acids is 2. The van der Waals surface area contributed by atoms with Gasteiger partial charge in [0, 0.05) is 80.7 Å². The van der Waals surface area contributed by atoms with E-state index in [1.807, 2.05) is 201 Å². The molecule has 0 bridgehead atoms. The Kier molecular flexibility index (Phi) is 21.9. The number of fused-ring (bicyclic) bond motifs is 6. The van der Waals surface area contributed by atoms with Crippen LogP contribution in [0.15, 0.2) is 290 Å². The maximum absolute atomic E-state index is 13.4. The summed E-state index contributed by atoms with van der Waals surface area (Å²) in [7, 11) is 0. The Bertz CT molecular complexity index is 6130. The van der Waals surface area contributed by atoms with Crippen LogP contribution in [0.1, 0.15) is 24.4 Å². The number of ether oxygens (including phenoxy) is 5. The summed E-state index contributed by atoms with van der Waals surface area (Å²) >= 11 is 1.33. The minimum Gasteiger partial charge on any atom is -0.490 e. The van der Waals surface area contributed by atoms with E-state index in [-0.39, 0.29) is 31.9 Å². The van der Waals surface area contributed by atoms with E-state index in [2.05, 4.69) is 88.8 Å². The molecule has 11 aromatic heterocycles. The summed E-state index contributed by atoms with van der Waals surface area (Å²) in [6.45, 7) is 3.09.